The molecular formula is C15H17BrFN3O. The van der Waals surface area contributed by atoms with Crippen molar-refractivity contribution in [2.75, 3.05) is 13.1 Å². The summed E-state index contributed by atoms with van der Waals surface area (Å²) in [5, 5.41) is 7.28. The first kappa shape index (κ1) is 14.7. The van der Waals surface area contributed by atoms with Gasteiger partial charge in [-0.15, -0.1) is 0 Å². The summed E-state index contributed by atoms with van der Waals surface area (Å²) in [7, 11) is 0. The smallest absolute Gasteiger partial charge is 0.226 e. The van der Waals surface area contributed by atoms with Crippen molar-refractivity contribution in [1.82, 2.24) is 15.5 Å². The van der Waals surface area contributed by atoms with Gasteiger partial charge in [-0.2, -0.15) is 4.98 Å². The first-order chi connectivity index (χ1) is 10.2. The lowest BCUT2D eigenvalue weighted by molar-refractivity contribution is 0.327. The van der Waals surface area contributed by atoms with Crippen LogP contribution in [0.1, 0.15) is 25.2 Å². The Morgan fingerprint density at radius 2 is 2.33 bits per heavy atom. The first-order valence-electron chi connectivity index (χ1n) is 7.21. The third-order valence-electron chi connectivity index (χ3n) is 3.81. The molecule has 1 saturated heterocycles. The highest BCUT2D eigenvalue weighted by molar-refractivity contribution is 9.10. The second-order valence-electron chi connectivity index (χ2n) is 5.39. The standard InChI is InChI=1S/C15H17BrFN3O/c16-11-4-5-12(13(17)8-11)15-19-14(21-20-15)6-3-10-2-1-7-18-9-10/h4-5,8,10,18H,1-3,6-7,9H2. The molecule has 1 fully saturated rings. The zero-order valence-corrected chi connectivity index (χ0v) is 13.2. The van der Waals surface area contributed by atoms with Gasteiger partial charge in [0.15, 0.2) is 0 Å². The van der Waals surface area contributed by atoms with Crippen molar-refractivity contribution in [2.24, 2.45) is 5.92 Å². The molecule has 4 nitrogen and oxygen atoms in total. The average molecular weight is 354 g/mol. The van der Waals surface area contributed by atoms with E-state index in [1.54, 1.807) is 12.1 Å². The Hall–Kier alpha value is -1.27. The summed E-state index contributed by atoms with van der Waals surface area (Å²) in [6, 6.07) is 4.82. The highest BCUT2D eigenvalue weighted by Crippen LogP contribution is 2.24. The van der Waals surface area contributed by atoms with Gasteiger partial charge in [-0.25, -0.2) is 4.39 Å². The molecule has 0 bridgehead atoms. The van der Waals surface area contributed by atoms with Gasteiger partial charge in [-0.3, -0.25) is 0 Å². The number of piperidine rings is 1. The maximum Gasteiger partial charge on any atom is 0.226 e. The quantitative estimate of drug-likeness (QED) is 0.912. The molecule has 0 saturated carbocycles. The summed E-state index contributed by atoms with van der Waals surface area (Å²) in [6.07, 6.45) is 4.24. The lowest BCUT2D eigenvalue weighted by Gasteiger charge is -2.21. The minimum atomic E-state index is -0.354. The molecule has 21 heavy (non-hydrogen) atoms. The van der Waals surface area contributed by atoms with Gasteiger partial charge < -0.3 is 9.84 Å². The first-order valence-corrected chi connectivity index (χ1v) is 8.00. The molecule has 6 heteroatoms. The fourth-order valence-electron chi connectivity index (χ4n) is 2.63. The lowest BCUT2D eigenvalue weighted by atomic mass is 9.95. The second-order valence-corrected chi connectivity index (χ2v) is 6.30. The van der Waals surface area contributed by atoms with Crippen LogP contribution in [0.3, 0.4) is 0 Å². The number of nitrogens with one attached hydrogen (secondary N) is 1. The Balaban J connectivity index is 1.65. The number of hydrogen-bond acceptors (Lipinski definition) is 4. The monoisotopic (exact) mass is 353 g/mol. The molecular weight excluding hydrogens is 337 g/mol. The third-order valence-corrected chi connectivity index (χ3v) is 4.30. The van der Waals surface area contributed by atoms with Crippen molar-refractivity contribution >= 4 is 15.9 Å². The van der Waals surface area contributed by atoms with E-state index in [0.29, 0.717) is 27.7 Å². The van der Waals surface area contributed by atoms with Crippen LogP contribution in [0.15, 0.2) is 27.2 Å². The Labute approximate surface area is 131 Å². The summed E-state index contributed by atoms with van der Waals surface area (Å²) in [5.41, 5.74) is 0.368. The van der Waals surface area contributed by atoms with E-state index in [9.17, 15) is 4.39 Å². The van der Waals surface area contributed by atoms with Gasteiger partial charge in [0.05, 0.1) is 5.56 Å². The summed E-state index contributed by atoms with van der Waals surface area (Å²) in [6.45, 7) is 2.17. The maximum atomic E-state index is 13.9. The van der Waals surface area contributed by atoms with Crippen molar-refractivity contribution in [2.45, 2.75) is 25.7 Å². The third kappa shape index (κ3) is 3.68. The topological polar surface area (TPSA) is 51.0 Å². The number of benzene rings is 1. The maximum absolute atomic E-state index is 13.9. The van der Waals surface area contributed by atoms with E-state index < -0.39 is 0 Å². The molecule has 0 radical (unpaired) electrons. The Bertz CT molecular complexity index is 611. The molecule has 1 aliphatic rings. The van der Waals surface area contributed by atoms with Crippen LogP contribution in [0.25, 0.3) is 11.4 Å². The molecule has 1 aromatic carbocycles. The van der Waals surface area contributed by atoms with Gasteiger partial charge in [0.2, 0.25) is 11.7 Å². The number of aryl methyl sites for hydroxylation is 1. The lowest BCUT2D eigenvalue weighted by Crippen LogP contribution is -2.29. The molecule has 1 atom stereocenters. The zero-order valence-electron chi connectivity index (χ0n) is 11.6. The zero-order chi connectivity index (χ0) is 14.7. The summed E-state index contributed by atoms with van der Waals surface area (Å²) < 4.78 is 19.8. The van der Waals surface area contributed by atoms with E-state index in [0.717, 1.165) is 25.9 Å². The highest BCUT2D eigenvalue weighted by Gasteiger charge is 2.16. The Morgan fingerprint density at radius 1 is 1.43 bits per heavy atom. The minimum absolute atomic E-state index is 0.316. The van der Waals surface area contributed by atoms with E-state index >= 15 is 0 Å². The molecule has 0 amide bonds. The number of aromatic nitrogens is 2. The second kappa shape index (κ2) is 6.66. The van der Waals surface area contributed by atoms with Gasteiger partial charge in [-0.05, 0) is 56.5 Å². The van der Waals surface area contributed by atoms with Crippen LogP contribution < -0.4 is 5.32 Å². The predicted octanol–water partition coefficient (Wildman–Crippen LogP) is 3.57. The van der Waals surface area contributed by atoms with Crippen molar-refractivity contribution in [1.29, 1.82) is 0 Å². The minimum Gasteiger partial charge on any atom is -0.339 e. The number of hydrogen-bond donors (Lipinski definition) is 1. The van der Waals surface area contributed by atoms with Gasteiger partial charge in [0.1, 0.15) is 5.82 Å². The molecule has 1 aliphatic heterocycles. The van der Waals surface area contributed by atoms with E-state index in [1.807, 2.05) is 0 Å². The molecule has 3 rings (SSSR count). The molecule has 2 aromatic rings. The van der Waals surface area contributed by atoms with Crippen LogP contribution in [-0.2, 0) is 6.42 Å². The van der Waals surface area contributed by atoms with Gasteiger partial charge in [0, 0.05) is 10.9 Å². The average Bonchev–Trinajstić information content (AvgIpc) is 2.95. The number of halogens is 2. The Morgan fingerprint density at radius 3 is 3.10 bits per heavy atom. The highest BCUT2D eigenvalue weighted by atomic mass is 79.9. The van der Waals surface area contributed by atoms with Crippen LogP contribution in [-0.4, -0.2) is 23.2 Å². The summed E-state index contributed by atoms with van der Waals surface area (Å²) in [5.74, 6) is 1.21. The van der Waals surface area contributed by atoms with Crippen LogP contribution in [0.4, 0.5) is 4.39 Å². The van der Waals surface area contributed by atoms with Gasteiger partial charge in [0.25, 0.3) is 0 Å². The van der Waals surface area contributed by atoms with Crippen molar-refractivity contribution in [3.8, 4) is 11.4 Å². The van der Waals surface area contributed by atoms with Gasteiger partial charge in [-0.1, -0.05) is 21.1 Å². The molecule has 1 aromatic heterocycles. The van der Waals surface area contributed by atoms with E-state index in [-0.39, 0.29) is 5.82 Å². The SMILES string of the molecule is Fc1cc(Br)ccc1-c1noc(CCC2CCCNC2)n1. The van der Waals surface area contributed by atoms with E-state index in [4.69, 9.17) is 4.52 Å². The van der Waals surface area contributed by atoms with Gasteiger partial charge >= 0.3 is 0 Å². The fourth-order valence-corrected chi connectivity index (χ4v) is 2.97. The van der Waals surface area contributed by atoms with Crippen LogP contribution in [0, 0.1) is 11.7 Å². The van der Waals surface area contributed by atoms with E-state index in [2.05, 4.69) is 31.4 Å². The predicted molar refractivity (Wildman–Crippen MR) is 81.3 cm³/mol. The molecule has 2 heterocycles. The summed E-state index contributed by atoms with van der Waals surface area (Å²) in [4.78, 5) is 4.30. The Kier molecular flexibility index (Phi) is 4.65. The van der Waals surface area contributed by atoms with Crippen LogP contribution in [0.5, 0.6) is 0 Å². The molecule has 0 spiro atoms. The van der Waals surface area contributed by atoms with Crippen LogP contribution >= 0.6 is 15.9 Å². The summed E-state index contributed by atoms with van der Waals surface area (Å²) >= 11 is 3.23. The fraction of sp³-hybridized carbons (Fsp3) is 0.467. The van der Waals surface area contributed by atoms with Crippen molar-refractivity contribution in [3.63, 3.8) is 0 Å². The van der Waals surface area contributed by atoms with Crippen molar-refractivity contribution < 1.29 is 8.91 Å². The van der Waals surface area contributed by atoms with Crippen LogP contribution in [0.2, 0.25) is 0 Å². The molecule has 112 valence electrons. The molecule has 0 aliphatic carbocycles. The molecule has 1 N–H and O–H groups in total. The normalized spacial score (nSPS) is 18.9. The number of rotatable bonds is 4. The largest absolute Gasteiger partial charge is 0.339 e. The number of nitrogens with zero attached hydrogens (tertiary/aromatic N) is 2. The van der Waals surface area contributed by atoms with E-state index in [1.165, 1.54) is 18.9 Å². The van der Waals surface area contributed by atoms with Crippen molar-refractivity contribution in [3.05, 3.63) is 34.4 Å². The molecule has 1 unspecified atom stereocenters.